The van der Waals surface area contributed by atoms with Crippen LogP contribution >= 0.6 is 0 Å². The highest BCUT2D eigenvalue weighted by Crippen LogP contribution is 2.53. The van der Waals surface area contributed by atoms with E-state index in [0.29, 0.717) is 13.1 Å². The lowest BCUT2D eigenvalue weighted by Crippen LogP contribution is -2.47. The summed E-state index contributed by atoms with van der Waals surface area (Å²) < 4.78 is 5.17. The van der Waals surface area contributed by atoms with Crippen LogP contribution in [0.25, 0.3) is 0 Å². The molecule has 7 heteroatoms. The molecule has 0 unspecified atom stereocenters. The number of furan rings is 1. The molecule has 0 amide bonds. The Morgan fingerprint density at radius 1 is 1.38 bits per heavy atom. The number of nitriles is 3. The number of fused-ring (bicyclic) bond motifs is 1. The van der Waals surface area contributed by atoms with Crippen molar-refractivity contribution >= 4 is 0 Å². The van der Waals surface area contributed by atoms with Crippen molar-refractivity contribution in [3.8, 4) is 18.2 Å². The Labute approximate surface area is 152 Å². The molecule has 2 heterocycles. The number of nitrogens with zero attached hydrogens (tertiary/aromatic N) is 4. The molecule has 2 atom stereocenters. The molecule has 0 radical (unpaired) electrons. The van der Waals surface area contributed by atoms with E-state index in [0.717, 1.165) is 11.1 Å². The average Bonchev–Trinajstić information content (AvgIpc) is 3.16. The lowest BCUT2D eigenvalue weighted by molar-refractivity contribution is 0.237. The number of hydrogen-bond acceptors (Lipinski definition) is 7. The fraction of sp³-hybridized carbons (Fsp3) is 0.421. The largest absolute Gasteiger partial charge is 0.472 e. The van der Waals surface area contributed by atoms with E-state index in [2.05, 4.69) is 23.1 Å². The summed E-state index contributed by atoms with van der Waals surface area (Å²) in [5.41, 5.74) is 6.47. The van der Waals surface area contributed by atoms with Gasteiger partial charge in [0.25, 0.3) is 0 Å². The van der Waals surface area contributed by atoms with Crippen LogP contribution in [-0.2, 0) is 0 Å². The maximum atomic E-state index is 9.79. The first kappa shape index (κ1) is 19.3. The van der Waals surface area contributed by atoms with Crippen molar-refractivity contribution in [3.05, 3.63) is 47.1 Å². The summed E-state index contributed by atoms with van der Waals surface area (Å²) in [5.74, 6) is -0.630. The monoisotopic (exact) mass is 351 g/mol. The van der Waals surface area contributed by atoms with Gasteiger partial charge in [-0.1, -0.05) is 6.08 Å². The van der Waals surface area contributed by atoms with Gasteiger partial charge in [-0.25, -0.2) is 0 Å². The molecule has 1 aromatic rings. The Bertz CT molecular complexity index is 819. The van der Waals surface area contributed by atoms with Crippen LogP contribution in [0.2, 0.25) is 0 Å². The van der Waals surface area contributed by atoms with Crippen LogP contribution in [0, 0.1) is 45.3 Å². The van der Waals surface area contributed by atoms with E-state index < -0.39 is 11.3 Å². The third kappa shape index (κ3) is 2.97. The summed E-state index contributed by atoms with van der Waals surface area (Å²) in [6.07, 6.45) is 5.03. The molecule has 134 valence electrons. The number of nitrogens with two attached hydrogens (primary N) is 1. The van der Waals surface area contributed by atoms with Crippen molar-refractivity contribution in [2.75, 3.05) is 26.7 Å². The van der Waals surface area contributed by atoms with Crippen molar-refractivity contribution in [3.63, 3.8) is 0 Å². The van der Waals surface area contributed by atoms with E-state index in [1.54, 1.807) is 19.3 Å². The van der Waals surface area contributed by atoms with Crippen LogP contribution in [0.5, 0.6) is 0 Å². The molecule has 0 aromatic carbocycles. The number of aliphatic hydroxyl groups is 1. The third-order valence-corrected chi connectivity index (χ3v) is 4.75. The van der Waals surface area contributed by atoms with Crippen LogP contribution in [0.15, 0.2) is 45.9 Å². The third-order valence-electron chi connectivity index (χ3n) is 4.75. The van der Waals surface area contributed by atoms with E-state index in [9.17, 15) is 15.8 Å². The van der Waals surface area contributed by atoms with Crippen LogP contribution < -0.4 is 5.73 Å². The molecule has 1 aliphatic carbocycles. The normalized spacial score (nSPS) is 24.1. The second kappa shape index (κ2) is 7.89. The van der Waals surface area contributed by atoms with Crippen molar-refractivity contribution in [2.45, 2.75) is 12.8 Å². The molecule has 0 spiro atoms. The second-order valence-electron chi connectivity index (χ2n) is 6.27. The molecule has 2 aliphatic rings. The molecule has 26 heavy (non-hydrogen) atoms. The zero-order valence-corrected chi connectivity index (χ0v) is 14.8. The highest BCUT2D eigenvalue weighted by molar-refractivity contribution is 5.59. The summed E-state index contributed by atoms with van der Waals surface area (Å²) >= 11 is 0. The van der Waals surface area contributed by atoms with Crippen LogP contribution in [0.4, 0.5) is 0 Å². The molecular formula is C19H21N5O2. The predicted molar refractivity (Wildman–Crippen MR) is 93.8 cm³/mol. The number of aliphatic hydroxyl groups excluding tert-OH is 1. The number of hydrogen-bond donors (Lipinski definition) is 2. The fourth-order valence-corrected chi connectivity index (χ4v) is 3.65. The fourth-order valence-electron chi connectivity index (χ4n) is 3.65. The summed E-state index contributed by atoms with van der Waals surface area (Å²) in [6, 6.07) is 8.02. The average molecular weight is 351 g/mol. The minimum atomic E-state index is -1.57. The van der Waals surface area contributed by atoms with Gasteiger partial charge in [-0.2, -0.15) is 15.8 Å². The Morgan fingerprint density at radius 2 is 2.04 bits per heavy atom. The molecular weight excluding hydrogens is 330 g/mol. The Kier molecular flexibility index (Phi) is 5.85. The van der Waals surface area contributed by atoms with Crippen molar-refractivity contribution in [1.82, 2.24) is 4.90 Å². The van der Waals surface area contributed by atoms with Gasteiger partial charge in [0.1, 0.15) is 6.07 Å². The van der Waals surface area contributed by atoms with Gasteiger partial charge in [0.05, 0.1) is 35.9 Å². The van der Waals surface area contributed by atoms with Gasteiger partial charge in [0.2, 0.25) is 0 Å². The van der Waals surface area contributed by atoms with E-state index in [-0.39, 0.29) is 23.8 Å². The number of allylic oxidation sites excluding steroid dienone is 2. The highest BCUT2D eigenvalue weighted by atomic mass is 16.3. The first-order valence-corrected chi connectivity index (χ1v) is 8.25. The standard InChI is InChI=1S/C17H15N5O.C2H6O/c1-22-4-2-12-13(6-18)16(21)17(9-19,10-20)15(14(12)7-22)11-3-5-23-8-11;1-2-3/h2-3,5,8,14-15H,4,7,21H2,1H3;3H,2H2,1H3/t14-,15+;/m0./s1. The smallest absolute Gasteiger partial charge is 0.191 e. The van der Waals surface area contributed by atoms with Crippen LogP contribution in [0.1, 0.15) is 18.4 Å². The van der Waals surface area contributed by atoms with E-state index in [1.807, 2.05) is 13.1 Å². The van der Waals surface area contributed by atoms with Crippen molar-refractivity contribution in [1.29, 1.82) is 15.8 Å². The lowest BCUT2D eigenvalue weighted by Gasteiger charge is -2.44. The predicted octanol–water partition coefficient (Wildman–Crippen LogP) is 1.63. The number of likely N-dealkylation sites (N-methyl/N-ethyl adjacent to an activating group) is 1. The quantitative estimate of drug-likeness (QED) is 0.785. The Hall–Kier alpha value is -3.05. The Balaban J connectivity index is 0.000000758. The van der Waals surface area contributed by atoms with Gasteiger partial charge in [-0.3, -0.25) is 0 Å². The first-order valence-electron chi connectivity index (χ1n) is 8.25. The molecule has 0 fully saturated rings. The summed E-state index contributed by atoms with van der Waals surface area (Å²) in [7, 11) is 1.97. The second-order valence-corrected chi connectivity index (χ2v) is 6.27. The maximum absolute atomic E-state index is 9.79. The zero-order chi connectivity index (χ0) is 19.3. The van der Waals surface area contributed by atoms with Gasteiger partial charge in [-0.05, 0) is 31.2 Å². The molecule has 1 aliphatic heterocycles. The first-order chi connectivity index (χ1) is 12.5. The molecule has 3 rings (SSSR count). The summed E-state index contributed by atoms with van der Waals surface area (Å²) in [6.45, 7) is 3.28. The van der Waals surface area contributed by atoms with Gasteiger partial charge in [0.15, 0.2) is 5.41 Å². The number of rotatable bonds is 1. The van der Waals surface area contributed by atoms with Crippen LogP contribution in [-0.4, -0.2) is 36.8 Å². The van der Waals surface area contributed by atoms with Gasteiger partial charge >= 0.3 is 0 Å². The topological polar surface area (TPSA) is 134 Å². The molecule has 3 N–H and O–H groups in total. The summed E-state index contributed by atoms with van der Waals surface area (Å²) in [4.78, 5) is 2.09. The van der Waals surface area contributed by atoms with E-state index in [4.69, 9.17) is 15.3 Å². The van der Waals surface area contributed by atoms with Gasteiger partial charge < -0.3 is 20.2 Å². The van der Waals surface area contributed by atoms with Gasteiger partial charge in [0, 0.05) is 31.5 Å². The van der Waals surface area contributed by atoms with E-state index in [1.165, 1.54) is 6.26 Å². The van der Waals surface area contributed by atoms with E-state index >= 15 is 0 Å². The van der Waals surface area contributed by atoms with Crippen molar-refractivity contribution < 1.29 is 9.52 Å². The molecule has 7 nitrogen and oxygen atoms in total. The van der Waals surface area contributed by atoms with Crippen LogP contribution in [0.3, 0.4) is 0 Å². The minimum absolute atomic E-state index is 0.0447. The lowest BCUT2D eigenvalue weighted by atomic mass is 9.58. The van der Waals surface area contributed by atoms with Crippen molar-refractivity contribution in [2.24, 2.45) is 17.1 Å². The molecule has 1 aromatic heterocycles. The Morgan fingerprint density at radius 3 is 2.54 bits per heavy atom. The molecule has 0 bridgehead atoms. The molecule has 0 saturated heterocycles. The maximum Gasteiger partial charge on any atom is 0.191 e. The van der Waals surface area contributed by atoms with Gasteiger partial charge in [-0.15, -0.1) is 0 Å². The summed E-state index contributed by atoms with van der Waals surface area (Å²) in [5, 5.41) is 36.7. The highest BCUT2D eigenvalue weighted by Gasteiger charge is 2.54. The zero-order valence-electron chi connectivity index (χ0n) is 14.8. The SMILES string of the molecule is CCO.CN1CC=C2C(C#N)=C(N)C(C#N)(C#N)[C@H](c3ccoc3)[C@H]2C1. The molecule has 0 saturated carbocycles. The minimum Gasteiger partial charge on any atom is -0.472 e.